The fourth-order valence-electron chi connectivity index (χ4n) is 6.37. The topological polar surface area (TPSA) is 105 Å². The Morgan fingerprint density at radius 3 is 1.95 bits per heavy atom. The Labute approximate surface area is 251 Å². The standard InChI is InChI=1S/C33H36N2O8/c1-17-27(39-4)20(15-24(38-3)29(17)41-6)14-22-33(37)35-23(32(36)34-22)16-21-25(26(35)19-12-10-9-11-13-19)31(43-8)30(42-7)18(2)28(21)40-5/h9-15,23,26H,16H2,1-8H3,(H,34,36)/b22-14-/t23-,26+/m0/s1. The molecule has 1 fully saturated rings. The summed E-state index contributed by atoms with van der Waals surface area (Å²) in [6, 6.07) is 9.79. The van der Waals surface area contributed by atoms with Crippen LogP contribution in [0, 0.1) is 13.8 Å². The molecule has 0 spiro atoms. The Balaban J connectivity index is 1.75. The highest BCUT2D eigenvalue weighted by molar-refractivity contribution is 6.08. The van der Waals surface area contributed by atoms with Crippen LogP contribution in [0.1, 0.15) is 39.4 Å². The van der Waals surface area contributed by atoms with Crippen molar-refractivity contribution in [3.63, 3.8) is 0 Å². The first-order chi connectivity index (χ1) is 20.8. The number of piperazine rings is 1. The average Bonchev–Trinajstić information content (AvgIpc) is 3.02. The zero-order valence-electron chi connectivity index (χ0n) is 25.6. The first-order valence-corrected chi connectivity index (χ1v) is 13.8. The second-order valence-corrected chi connectivity index (χ2v) is 10.3. The average molecular weight is 589 g/mol. The Kier molecular flexibility index (Phi) is 8.12. The fourth-order valence-corrected chi connectivity index (χ4v) is 6.37. The van der Waals surface area contributed by atoms with Gasteiger partial charge in [0.2, 0.25) is 5.91 Å². The lowest BCUT2D eigenvalue weighted by Crippen LogP contribution is -2.60. The summed E-state index contributed by atoms with van der Waals surface area (Å²) < 4.78 is 34.4. The summed E-state index contributed by atoms with van der Waals surface area (Å²) in [6.07, 6.45) is 1.84. The highest BCUT2D eigenvalue weighted by atomic mass is 16.5. The zero-order valence-corrected chi connectivity index (χ0v) is 25.6. The van der Waals surface area contributed by atoms with Crippen LogP contribution in [0.3, 0.4) is 0 Å². The third-order valence-corrected chi connectivity index (χ3v) is 8.15. The number of fused-ring (bicyclic) bond motifs is 2. The van der Waals surface area contributed by atoms with E-state index in [4.69, 9.17) is 28.4 Å². The third kappa shape index (κ3) is 4.67. The Bertz CT molecular complexity index is 1620. The van der Waals surface area contributed by atoms with E-state index in [1.807, 2.05) is 44.2 Å². The number of carbonyl (C=O) groups is 2. The van der Waals surface area contributed by atoms with Crippen molar-refractivity contribution < 1.29 is 38.0 Å². The Morgan fingerprint density at radius 1 is 0.767 bits per heavy atom. The normalized spacial score (nSPS) is 18.4. The third-order valence-electron chi connectivity index (χ3n) is 8.15. The van der Waals surface area contributed by atoms with Gasteiger partial charge in [0.05, 0.1) is 48.7 Å². The lowest BCUT2D eigenvalue weighted by Gasteiger charge is -2.46. The van der Waals surface area contributed by atoms with Crippen LogP contribution in [0.4, 0.5) is 0 Å². The fraction of sp³-hybridized carbons (Fsp3) is 0.333. The molecule has 2 heterocycles. The minimum Gasteiger partial charge on any atom is -0.496 e. The molecule has 3 aromatic rings. The number of nitrogens with one attached hydrogen (secondary N) is 1. The van der Waals surface area contributed by atoms with Crippen molar-refractivity contribution in [2.24, 2.45) is 0 Å². The minimum absolute atomic E-state index is 0.0977. The van der Waals surface area contributed by atoms with Gasteiger partial charge >= 0.3 is 0 Å². The van der Waals surface area contributed by atoms with E-state index < -0.39 is 12.1 Å². The summed E-state index contributed by atoms with van der Waals surface area (Å²) in [5.41, 5.74) is 4.40. The van der Waals surface area contributed by atoms with Gasteiger partial charge in [0, 0.05) is 34.2 Å². The molecule has 0 bridgehead atoms. The first-order valence-electron chi connectivity index (χ1n) is 13.8. The van der Waals surface area contributed by atoms with Gasteiger partial charge in [0.15, 0.2) is 23.0 Å². The maximum Gasteiger partial charge on any atom is 0.271 e. The molecule has 3 aromatic carbocycles. The summed E-state index contributed by atoms with van der Waals surface area (Å²) in [5, 5.41) is 2.86. The summed E-state index contributed by atoms with van der Waals surface area (Å²) in [7, 11) is 9.34. The molecule has 0 radical (unpaired) electrons. The van der Waals surface area contributed by atoms with E-state index in [2.05, 4.69) is 5.32 Å². The molecule has 0 aromatic heterocycles. The molecule has 1 saturated heterocycles. The highest BCUT2D eigenvalue weighted by Gasteiger charge is 2.49. The van der Waals surface area contributed by atoms with Crippen LogP contribution in [0.2, 0.25) is 0 Å². The first kappa shape index (κ1) is 29.6. The van der Waals surface area contributed by atoms with E-state index in [9.17, 15) is 9.59 Å². The molecule has 2 amide bonds. The molecule has 43 heavy (non-hydrogen) atoms. The van der Waals surface area contributed by atoms with E-state index >= 15 is 0 Å². The maximum absolute atomic E-state index is 14.5. The molecule has 0 saturated carbocycles. The monoisotopic (exact) mass is 588 g/mol. The predicted octanol–water partition coefficient (Wildman–Crippen LogP) is 4.37. The number of carbonyl (C=O) groups excluding carboxylic acids is 2. The summed E-state index contributed by atoms with van der Waals surface area (Å²) in [5.74, 6) is 2.39. The minimum atomic E-state index is -0.803. The highest BCUT2D eigenvalue weighted by Crippen LogP contribution is 2.53. The molecule has 0 unspecified atom stereocenters. The van der Waals surface area contributed by atoms with E-state index in [0.29, 0.717) is 51.2 Å². The second-order valence-electron chi connectivity index (χ2n) is 10.3. The van der Waals surface area contributed by atoms with Crippen molar-refractivity contribution in [1.82, 2.24) is 10.2 Å². The van der Waals surface area contributed by atoms with E-state index in [1.165, 1.54) is 14.2 Å². The van der Waals surface area contributed by atoms with Gasteiger partial charge in [0.25, 0.3) is 5.91 Å². The molecule has 10 heteroatoms. The molecule has 0 aliphatic carbocycles. The predicted molar refractivity (Wildman–Crippen MR) is 160 cm³/mol. The second kappa shape index (κ2) is 11.8. The van der Waals surface area contributed by atoms with Gasteiger partial charge < -0.3 is 38.6 Å². The number of ether oxygens (including phenoxy) is 6. The van der Waals surface area contributed by atoms with Gasteiger partial charge in [-0.2, -0.15) is 0 Å². The summed E-state index contributed by atoms with van der Waals surface area (Å²) >= 11 is 0. The number of nitrogens with zero attached hydrogens (tertiary/aromatic N) is 1. The smallest absolute Gasteiger partial charge is 0.271 e. The Hall–Kier alpha value is -4.86. The van der Waals surface area contributed by atoms with Crippen LogP contribution >= 0.6 is 0 Å². The Morgan fingerprint density at radius 2 is 1.37 bits per heavy atom. The molecule has 2 atom stereocenters. The van der Waals surface area contributed by atoms with Gasteiger partial charge in [0.1, 0.15) is 23.2 Å². The van der Waals surface area contributed by atoms with Crippen molar-refractivity contribution in [2.45, 2.75) is 32.4 Å². The maximum atomic E-state index is 14.5. The number of hydrogen-bond acceptors (Lipinski definition) is 8. The van der Waals surface area contributed by atoms with Crippen LogP contribution in [0.25, 0.3) is 6.08 Å². The van der Waals surface area contributed by atoms with Crippen LogP contribution in [-0.4, -0.2) is 65.4 Å². The number of hydrogen-bond donors (Lipinski definition) is 1. The van der Waals surface area contributed by atoms with Crippen molar-refractivity contribution >= 4 is 17.9 Å². The summed E-state index contributed by atoms with van der Waals surface area (Å²) in [6.45, 7) is 3.72. The quantitative estimate of drug-likeness (QED) is 0.387. The van der Waals surface area contributed by atoms with E-state index in [1.54, 1.807) is 45.5 Å². The van der Waals surface area contributed by atoms with Crippen LogP contribution in [0.5, 0.6) is 34.5 Å². The summed E-state index contributed by atoms with van der Waals surface area (Å²) in [4.78, 5) is 30.0. The van der Waals surface area contributed by atoms with Gasteiger partial charge in [-0.05, 0) is 31.6 Å². The largest absolute Gasteiger partial charge is 0.496 e. The van der Waals surface area contributed by atoms with Crippen molar-refractivity contribution in [3.05, 3.63) is 75.5 Å². The van der Waals surface area contributed by atoms with Crippen LogP contribution in [-0.2, 0) is 16.0 Å². The van der Waals surface area contributed by atoms with Gasteiger partial charge in [-0.25, -0.2) is 0 Å². The van der Waals surface area contributed by atoms with E-state index in [0.717, 1.165) is 16.7 Å². The van der Waals surface area contributed by atoms with E-state index in [-0.39, 0.29) is 23.9 Å². The van der Waals surface area contributed by atoms with Crippen molar-refractivity contribution in [2.75, 3.05) is 42.7 Å². The van der Waals surface area contributed by atoms with Gasteiger partial charge in [-0.3, -0.25) is 9.59 Å². The molecule has 1 N–H and O–H groups in total. The number of benzene rings is 3. The number of amides is 2. The van der Waals surface area contributed by atoms with Crippen molar-refractivity contribution in [3.8, 4) is 34.5 Å². The molecule has 226 valence electrons. The number of rotatable bonds is 8. The molecule has 5 rings (SSSR count). The van der Waals surface area contributed by atoms with Crippen LogP contribution in [0.15, 0.2) is 42.1 Å². The number of methoxy groups -OCH3 is 6. The molecular weight excluding hydrogens is 552 g/mol. The molecule has 2 aliphatic heterocycles. The van der Waals surface area contributed by atoms with Crippen molar-refractivity contribution in [1.29, 1.82) is 0 Å². The SMILES string of the molecule is COc1cc(/C=C2\NC(=O)[C@@H]3Cc4c(OC)c(C)c(OC)c(OC)c4[C@@H](c4ccccc4)N3C2=O)c(OC)c(C)c1OC. The lowest BCUT2D eigenvalue weighted by molar-refractivity contribution is -0.144. The zero-order chi connectivity index (χ0) is 31.0. The lowest BCUT2D eigenvalue weighted by atomic mass is 9.80. The van der Waals surface area contributed by atoms with Gasteiger partial charge in [-0.1, -0.05) is 30.3 Å². The molecular formula is C33H36N2O8. The molecule has 2 aliphatic rings. The van der Waals surface area contributed by atoms with Gasteiger partial charge in [-0.15, -0.1) is 0 Å². The van der Waals surface area contributed by atoms with Crippen LogP contribution < -0.4 is 33.7 Å². The molecule has 10 nitrogen and oxygen atoms in total.